The zero-order valence-electron chi connectivity index (χ0n) is 9.48. The Bertz CT molecular complexity index is 488. The molecule has 2 rings (SSSR count). The smallest absolute Gasteiger partial charge is 0.0548 e. The molecular weight excluding hydrogens is 252 g/mol. The van der Waals surface area contributed by atoms with Gasteiger partial charge in [-0.3, -0.25) is 4.98 Å². The first-order chi connectivity index (χ1) is 8.29. The second-order valence-corrected chi connectivity index (χ2v) is 5.10. The van der Waals surface area contributed by atoms with Crippen LogP contribution in [0.5, 0.6) is 0 Å². The highest BCUT2D eigenvalue weighted by molar-refractivity contribution is 7.99. The zero-order valence-corrected chi connectivity index (χ0v) is 11.1. The fraction of sp³-hybridized carbons (Fsp3) is 0.154. The van der Waals surface area contributed by atoms with Crippen molar-refractivity contribution in [1.29, 1.82) is 0 Å². The summed E-state index contributed by atoms with van der Waals surface area (Å²) < 4.78 is 0. The fourth-order valence-electron chi connectivity index (χ4n) is 1.47. The van der Waals surface area contributed by atoms with E-state index >= 15 is 0 Å². The minimum absolute atomic E-state index is 0.791. The molecule has 0 unspecified atom stereocenters. The van der Waals surface area contributed by atoms with Crippen LogP contribution >= 0.6 is 23.4 Å². The van der Waals surface area contributed by atoms with Crippen LogP contribution in [0.25, 0.3) is 0 Å². The molecule has 0 amide bonds. The molecule has 0 saturated heterocycles. The Balaban J connectivity index is 2.17. The van der Waals surface area contributed by atoms with Crippen LogP contribution in [0.15, 0.2) is 52.5 Å². The lowest BCUT2D eigenvalue weighted by molar-refractivity contribution is 0.817. The lowest BCUT2D eigenvalue weighted by atomic mass is 10.2. The maximum atomic E-state index is 6.25. The standard InChI is InChI=1S/C13H13ClN2S/c1-15-9-10-2-3-13(12(14)8-10)17-11-4-6-16-7-5-11/h2-8,15H,9H2,1H3. The molecule has 1 heterocycles. The number of pyridine rings is 1. The van der Waals surface area contributed by atoms with E-state index in [9.17, 15) is 0 Å². The van der Waals surface area contributed by atoms with Crippen molar-refractivity contribution < 1.29 is 0 Å². The number of hydrogen-bond acceptors (Lipinski definition) is 3. The van der Waals surface area contributed by atoms with E-state index in [1.165, 1.54) is 5.56 Å². The van der Waals surface area contributed by atoms with Crippen molar-refractivity contribution in [2.45, 2.75) is 16.3 Å². The first-order valence-corrected chi connectivity index (χ1v) is 6.50. The fourth-order valence-corrected chi connectivity index (χ4v) is 2.60. The van der Waals surface area contributed by atoms with Crippen molar-refractivity contribution in [3.05, 3.63) is 53.3 Å². The topological polar surface area (TPSA) is 24.9 Å². The van der Waals surface area contributed by atoms with Gasteiger partial charge in [-0.15, -0.1) is 0 Å². The molecule has 0 bridgehead atoms. The van der Waals surface area contributed by atoms with Gasteiger partial charge in [-0.25, -0.2) is 0 Å². The van der Waals surface area contributed by atoms with Gasteiger partial charge in [0.2, 0.25) is 0 Å². The van der Waals surface area contributed by atoms with E-state index in [0.29, 0.717) is 0 Å². The first kappa shape index (κ1) is 12.4. The van der Waals surface area contributed by atoms with Crippen molar-refractivity contribution in [3.8, 4) is 0 Å². The van der Waals surface area contributed by atoms with E-state index in [4.69, 9.17) is 11.6 Å². The third-order valence-electron chi connectivity index (χ3n) is 2.25. The number of hydrogen-bond donors (Lipinski definition) is 1. The molecule has 0 radical (unpaired) electrons. The largest absolute Gasteiger partial charge is 0.316 e. The zero-order chi connectivity index (χ0) is 12.1. The summed E-state index contributed by atoms with van der Waals surface area (Å²) in [5.41, 5.74) is 1.19. The average molecular weight is 265 g/mol. The van der Waals surface area contributed by atoms with Gasteiger partial charge in [-0.05, 0) is 36.9 Å². The van der Waals surface area contributed by atoms with Crippen LogP contribution in [0.3, 0.4) is 0 Å². The molecule has 0 saturated carbocycles. The van der Waals surface area contributed by atoms with Crippen molar-refractivity contribution in [2.24, 2.45) is 0 Å². The number of rotatable bonds is 4. The van der Waals surface area contributed by atoms with Crippen molar-refractivity contribution in [2.75, 3.05) is 7.05 Å². The Morgan fingerprint density at radius 1 is 1.24 bits per heavy atom. The number of nitrogens with one attached hydrogen (secondary N) is 1. The van der Waals surface area contributed by atoms with Gasteiger partial charge in [0, 0.05) is 28.7 Å². The third-order valence-corrected chi connectivity index (χ3v) is 3.76. The molecule has 1 aromatic carbocycles. The molecule has 0 aliphatic carbocycles. The molecule has 4 heteroatoms. The predicted octanol–water partition coefficient (Wildman–Crippen LogP) is 3.61. The normalized spacial score (nSPS) is 10.5. The van der Waals surface area contributed by atoms with Crippen molar-refractivity contribution >= 4 is 23.4 Å². The van der Waals surface area contributed by atoms with E-state index in [-0.39, 0.29) is 0 Å². The molecule has 0 fully saturated rings. The van der Waals surface area contributed by atoms with Gasteiger partial charge in [-0.1, -0.05) is 29.4 Å². The van der Waals surface area contributed by atoms with Crippen molar-refractivity contribution in [3.63, 3.8) is 0 Å². The molecule has 1 N–H and O–H groups in total. The molecule has 17 heavy (non-hydrogen) atoms. The monoisotopic (exact) mass is 264 g/mol. The molecular formula is C13H13ClN2S. The summed E-state index contributed by atoms with van der Waals surface area (Å²) in [6.07, 6.45) is 3.57. The Labute approximate surface area is 110 Å². The summed E-state index contributed by atoms with van der Waals surface area (Å²) in [4.78, 5) is 6.20. The third kappa shape index (κ3) is 3.46. The highest BCUT2D eigenvalue weighted by Gasteiger charge is 2.03. The van der Waals surface area contributed by atoms with Gasteiger partial charge in [0.05, 0.1) is 5.02 Å². The van der Waals surface area contributed by atoms with Crippen LogP contribution < -0.4 is 5.32 Å². The predicted molar refractivity (Wildman–Crippen MR) is 72.6 cm³/mol. The molecule has 2 aromatic rings. The van der Waals surface area contributed by atoms with Gasteiger partial charge in [0.1, 0.15) is 0 Å². The Morgan fingerprint density at radius 2 is 2.00 bits per heavy atom. The minimum atomic E-state index is 0.791. The molecule has 1 aromatic heterocycles. The van der Waals surface area contributed by atoms with Crippen LogP contribution in [0.4, 0.5) is 0 Å². The van der Waals surface area contributed by atoms with Gasteiger partial charge in [-0.2, -0.15) is 0 Å². The number of aromatic nitrogens is 1. The van der Waals surface area contributed by atoms with Gasteiger partial charge in [0.15, 0.2) is 0 Å². The summed E-state index contributed by atoms with van der Waals surface area (Å²) in [5, 5.41) is 3.90. The van der Waals surface area contributed by atoms with E-state index in [2.05, 4.69) is 22.4 Å². The van der Waals surface area contributed by atoms with Gasteiger partial charge in [0.25, 0.3) is 0 Å². The first-order valence-electron chi connectivity index (χ1n) is 5.30. The van der Waals surface area contributed by atoms with E-state index < -0.39 is 0 Å². The van der Waals surface area contributed by atoms with Crippen LogP contribution in [0.1, 0.15) is 5.56 Å². The molecule has 0 aliphatic rings. The number of halogens is 1. The Morgan fingerprint density at radius 3 is 2.65 bits per heavy atom. The highest BCUT2D eigenvalue weighted by Crippen LogP contribution is 2.33. The summed E-state index contributed by atoms with van der Waals surface area (Å²) in [6.45, 7) is 0.833. The van der Waals surface area contributed by atoms with E-state index in [1.54, 1.807) is 24.2 Å². The van der Waals surface area contributed by atoms with Gasteiger partial charge < -0.3 is 5.32 Å². The van der Waals surface area contributed by atoms with E-state index in [0.717, 1.165) is 21.4 Å². The Kier molecular flexibility index (Phi) is 4.42. The summed E-state index contributed by atoms with van der Waals surface area (Å²) >= 11 is 7.90. The summed E-state index contributed by atoms with van der Waals surface area (Å²) in [6, 6.07) is 10.1. The summed E-state index contributed by atoms with van der Waals surface area (Å²) in [5.74, 6) is 0. The maximum Gasteiger partial charge on any atom is 0.0548 e. The number of nitrogens with zero attached hydrogens (tertiary/aromatic N) is 1. The molecule has 88 valence electrons. The lowest BCUT2D eigenvalue weighted by Crippen LogP contribution is -2.04. The minimum Gasteiger partial charge on any atom is -0.316 e. The molecule has 0 spiro atoms. The lowest BCUT2D eigenvalue weighted by Gasteiger charge is -2.06. The molecule has 0 aliphatic heterocycles. The maximum absolute atomic E-state index is 6.25. The quantitative estimate of drug-likeness (QED) is 0.913. The average Bonchev–Trinajstić information content (AvgIpc) is 2.34. The second kappa shape index (κ2) is 6.05. The SMILES string of the molecule is CNCc1ccc(Sc2ccncc2)c(Cl)c1. The molecule has 2 nitrogen and oxygen atoms in total. The van der Waals surface area contributed by atoms with Crippen molar-refractivity contribution in [1.82, 2.24) is 10.3 Å². The number of benzene rings is 1. The Hall–Kier alpha value is -1.03. The molecule has 0 atom stereocenters. The van der Waals surface area contributed by atoms with Crippen LogP contribution in [-0.4, -0.2) is 12.0 Å². The van der Waals surface area contributed by atoms with Gasteiger partial charge >= 0.3 is 0 Å². The summed E-state index contributed by atoms with van der Waals surface area (Å²) in [7, 11) is 1.92. The second-order valence-electron chi connectivity index (χ2n) is 3.58. The van der Waals surface area contributed by atoms with Crippen LogP contribution in [-0.2, 0) is 6.54 Å². The van der Waals surface area contributed by atoms with E-state index in [1.807, 2.05) is 25.2 Å². The highest BCUT2D eigenvalue weighted by atomic mass is 35.5. The van der Waals surface area contributed by atoms with Crippen LogP contribution in [0, 0.1) is 0 Å². The van der Waals surface area contributed by atoms with Crippen LogP contribution in [0.2, 0.25) is 5.02 Å².